The summed E-state index contributed by atoms with van der Waals surface area (Å²) in [6.07, 6.45) is 1.84. The number of hydrogen-bond acceptors (Lipinski definition) is 3. The number of rotatable bonds is 3. The third-order valence-corrected chi connectivity index (χ3v) is 2.95. The van der Waals surface area contributed by atoms with Crippen molar-refractivity contribution < 1.29 is 14.6 Å². The van der Waals surface area contributed by atoms with Crippen molar-refractivity contribution in [3.8, 4) is 5.75 Å². The Labute approximate surface area is 100 Å². The molecule has 1 atom stereocenters. The molecule has 2 rings (SSSR count). The first kappa shape index (κ1) is 11.5. The Balaban J connectivity index is 2.49. The van der Waals surface area contributed by atoms with Gasteiger partial charge in [0, 0.05) is 6.04 Å². The molecule has 1 unspecified atom stereocenters. The molecule has 1 N–H and O–H groups in total. The maximum Gasteiger partial charge on any atom is 0.339 e. The van der Waals surface area contributed by atoms with Gasteiger partial charge in [-0.1, -0.05) is 12.1 Å². The smallest absolute Gasteiger partial charge is 0.339 e. The topological polar surface area (TPSA) is 49.8 Å². The number of hydrogen-bond donors (Lipinski definition) is 1. The van der Waals surface area contributed by atoms with E-state index in [4.69, 9.17) is 9.84 Å². The Morgan fingerprint density at radius 3 is 3.06 bits per heavy atom. The third kappa shape index (κ3) is 1.98. The summed E-state index contributed by atoms with van der Waals surface area (Å²) in [6.45, 7) is 7.03. The van der Waals surface area contributed by atoms with Gasteiger partial charge in [0.25, 0.3) is 0 Å². The highest BCUT2D eigenvalue weighted by molar-refractivity contribution is 5.93. The molecule has 4 heteroatoms. The average Bonchev–Trinajstić information content (AvgIpc) is 2.36. The van der Waals surface area contributed by atoms with Crippen LogP contribution in [0.3, 0.4) is 0 Å². The summed E-state index contributed by atoms with van der Waals surface area (Å²) in [5.41, 5.74) is 1.03. The minimum absolute atomic E-state index is 0.154. The van der Waals surface area contributed by atoms with Gasteiger partial charge in [-0.15, -0.1) is 6.58 Å². The number of nitrogens with zero attached hydrogens (tertiary/aromatic N) is 1. The normalized spacial score (nSPS) is 15.7. The molecular weight excluding hydrogens is 218 g/mol. The van der Waals surface area contributed by atoms with Crippen molar-refractivity contribution in [2.75, 3.05) is 18.1 Å². The lowest BCUT2D eigenvalue weighted by atomic mass is 10.1. The standard InChI is InChI=1S/C13H15NO3/c1-3-9(2)14-7-8-17-12-10(13(15)16)5-4-6-11(12)14/h3-6,9H,1,7-8H2,2H3,(H,15,16). The second kappa shape index (κ2) is 4.49. The summed E-state index contributed by atoms with van der Waals surface area (Å²) in [7, 11) is 0. The van der Waals surface area contributed by atoms with Crippen LogP contribution >= 0.6 is 0 Å². The van der Waals surface area contributed by atoms with E-state index in [0.29, 0.717) is 12.4 Å². The van der Waals surface area contributed by atoms with Gasteiger partial charge in [-0.05, 0) is 19.1 Å². The molecule has 0 fully saturated rings. The van der Waals surface area contributed by atoms with Gasteiger partial charge < -0.3 is 14.7 Å². The predicted octanol–water partition coefficient (Wildman–Crippen LogP) is 2.16. The van der Waals surface area contributed by atoms with Gasteiger partial charge in [0.15, 0.2) is 5.75 Å². The highest BCUT2D eigenvalue weighted by Gasteiger charge is 2.25. The van der Waals surface area contributed by atoms with Crippen molar-refractivity contribution >= 4 is 11.7 Å². The summed E-state index contributed by atoms with van der Waals surface area (Å²) in [5, 5.41) is 9.10. The van der Waals surface area contributed by atoms with E-state index >= 15 is 0 Å². The molecule has 1 aliphatic rings. The summed E-state index contributed by atoms with van der Waals surface area (Å²) in [4.78, 5) is 13.2. The summed E-state index contributed by atoms with van der Waals surface area (Å²) in [6, 6.07) is 5.32. The maximum absolute atomic E-state index is 11.1. The molecule has 0 aliphatic carbocycles. The Morgan fingerprint density at radius 2 is 2.41 bits per heavy atom. The number of carboxylic acid groups (broad SMARTS) is 1. The molecule has 1 aliphatic heterocycles. The van der Waals surface area contributed by atoms with E-state index in [2.05, 4.69) is 11.5 Å². The average molecular weight is 233 g/mol. The fourth-order valence-electron chi connectivity index (χ4n) is 1.99. The number of fused-ring (bicyclic) bond motifs is 1. The summed E-state index contributed by atoms with van der Waals surface area (Å²) >= 11 is 0. The lowest BCUT2D eigenvalue weighted by molar-refractivity contribution is 0.0692. The first-order valence-corrected chi connectivity index (χ1v) is 5.53. The van der Waals surface area contributed by atoms with Crippen LogP contribution in [0, 0.1) is 0 Å². The van der Waals surface area contributed by atoms with E-state index in [0.717, 1.165) is 12.2 Å². The molecule has 0 aromatic heterocycles. The molecule has 17 heavy (non-hydrogen) atoms. The number of carboxylic acids is 1. The number of para-hydroxylation sites is 1. The Hall–Kier alpha value is -1.97. The lowest BCUT2D eigenvalue weighted by Gasteiger charge is -2.35. The number of anilines is 1. The van der Waals surface area contributed by atoms with Crippen molar-refractivity contribution in [3.63, 3.8) is 0 Å². The van der Waals surface area contributed by atoms with Crippen molar-refractivity contribution in [2.24, 2.45) is 0 Å². The van der Waals surface area contributed by atoms with Crippen LogP contribution in [-0.4, -0.2) is 30.3 Å². The first-order valence-electron chi connectivity index (χ1n) is 5.53. The first-order chi connectivity index (χ1) is 8.15. The zero-order chi connectivity index (χ0) is 12.4. The minimum Gasteiger partial charge on any atom is -0.489 e. The number of benzene rings is 1. The van der Waals surface area contributed by atoms with Gasteiger partial charge in [0.2, 0.25) is 0 Å². The van der Waals surface area contributed by atoms with E-state index in [1.807, 2.05) is 19.1 Å². The van der Waals surface area contributed by atoms with Crippen molar-refractivity contribution in [2.45, 2.75) is 13.0 Å². The molecule has 1 aromatic carbocycles. The number of ether oxygens (including phenoxy) is 1. The van der Waals surface area contributed by atoms with E-state index < -0.39 is 5.97 Å². The van der Waals surface area contributed by atoms with Crippen molar-refractivity contribution in [3.05, 3.63) is 36.4 Å². The Bertz CT molecular complexity index is 456. The molecule has 0 bridgehead atoms. The van der Waals surface area contributed by atoms with E-state index in [1.54, 1.807) is 12.1 Å². The van der Waals surface area contributed by atoms with Crippen LogP contribution in [0.5, 0.6) is 5.75 Å². The SMILES string of the molecule is C=CC(C)N1CCOc2c(C(=O)O)cccc21. The number of carbonyl (C=O) groups is 1. The van der Waals surface area contributed by atoms with Crippen LogP contribution in [0.2, 0.25) is 0 Å². The van der Waals surface area contributed by atoms with Crippen LogP contribution in [0.25, 0.3) is 0 Å². The fourth-order valence-corrected chi connectivity index (χ4v) is 1.99. The molecule has 1 aromatic rings. The van der Waals surface area contributed by atoms with E-state index in [1.165, 1.54) is 0 Å². The predicted molar refractivity (Wildman–Crippen MR) is 65.9 cm³/mol. The molecule has 4 nitrogen and oxygen atoms in total. The third-order valence-electron chi connectivity index (χ3n) is 2.95. The molecular formula is C13H15NO3. The van der Waals surface area contributed by atoms with Crippen LogP contribution in [0.15, 0.2) is 30.9 Å². The Kier molecular flexibility index (Phi) is 3.04. The molecule has 0 radical (unpaired) electrons. The van der Waals surface area contributed by atoms with Gasteiger partial charge in [-0.3, -0.25) is 0 Å². The summed E-state index contributed by atoms with van der Waals surface area (Å²) < 4.78 is 5.48. The second-order valence-electron chi connectivity index (χ2n) is 3.98. The molecule has 90 valence electrons. The van der Waals surface area contributed by atoms with Gasteiger partial charge in [-0.25, -0.2) is 4.79 Å². The minimum atomic E-state index is -0.963. The molecule has 1 heterocycles. The largest absolute Gasteiger partial charge is 0.489 e. The number of aromatic carboxylic acids is 1. The Morgan fingerprint density at radius 1 is 1.65 bits per heavy atom. The van der Waals surface area contributed by atoms with Crippen LogP contribution in [0.4, 0.5) is 5.69 Å². The van der Waals surface area contributed by atoms with Crippen molar-refractivity contribution in [1.29, 1.82) is 0 Å². The highest BCUT2D eigenvalue weighted by Crippen LogP contribution is 2.36. The van der Waals surface area contributed by atoms with Gasteiger partial charge in [0.05, 0.1) is 12.2 Å². The second-order valence-corrected chi connectivity index (χ2v) is 3.98. The highest BCUT2D eigenvalue weighted by atomic mass is 16.5. The van der Waals surface area contributed by atoms with Crippen LogP contribution in [0.1, 0.15) is 17.3 Å². The molecule has 0 saturated heterocycles. The van der Waals surface area contributed by atoms with Crippen LogP contribution in [-0.2, 0) is 0 Å². The van der Waals surface area contributed by atoms with Gasteiger partial charge in [0.1, 0.15) is 12.2 Å². The fraction of sp³-hybridized carbons (Fsp3) is 0.308. The maximum atomic E-state index is 11.1. The monoisotopic (exact) mass is 233 g/mol. The van der Waals surface area contributed by atoms with Gasteiger partial charge in [-0.2, -0.15) is 0 Å². The van der Waals surface area contributed by atoms with Crippen LogP contribution < -0.4 is 9.64 Å². The molecule has 0 saturated carbocycles. The zero-order valence-corrected chi connectivity index (χ0v) is 9.72. The molecule has 0 amide bonds. The van der Waals surface area contributed by atoms with Crippen molar-refractivity contribution in [1.82, 2.24) is 0 Å². The van der Waals surface area contributed by atoms with Gasteiger partial charge >= 0.3 is 5.97 Å². The lowest BCUT2D eigenvalue weighted by Crippen LogP contribution is -2.38. The molecule has 0 spiro atoms. The quantitative estimate of drug-likeness (QED) is 0.813. The van der Waals surface area contributed by atoms with E-state index in [-0.39, 0.29) is 11.6 Å². The van der Waals surface area contributed by atoms with E-state index in [9.17, 15) is 4.79 Å². The zero-order valence-electron chi connectivity index (χ0n) is 9.72. The summed E-state index contributed by atoms with van der Waals surface area (Å²) in [5.74, 6) is -0.505.